The SMILES string of the molecule is Cc1cc(-c2ccnc(Nc3cnn(C)c3)n2)ccc1CN1CCN(CC2CCC2)CC1=O. The molecule has 1 saturated carbocycles. The van der Waals surface area contributed by atoms with Gasteiger partial charge in [0, 0.05) is 51.2 Å². The van der Waals surface area contributed by atoms with Gasteiger partial charge in [-0.3, -0.25) is 14.4 Å². The van der Waals surface area contributed by atoms with Crippen molar-refractivity contribution in [3.8, 4) is 11.3 Å². The van der Waals surface area contributed by atoms with Crippen LogP contribution in [0.15, 0.2) is 42.9 Å². The zero-order valence-electron chi connectivity index (χ0n) is 19.4. The van der Waals surface area contributed by atoms with Crippen LogP contribution in [0.2, 0.25) is 0 Å². The maximum Gasteiger partial charge on any atom is 0.237 e. The zero-order chi connectivity index (χ0) is 22.8. The van der Waals surface area contributed by atoms with Gasteiger partial charge in [-0.2, -0.15) is 5.10 Å². The summed E-state index contributed by atoms with van der Waals surface area (Å²) < 4.78 is 1.73. The van der Waals surface area contributed by atoms with Crippen molar-refractivity contribution in [2.75, 3.05) is 31.5 Å². The van der Waals surface area contributed by atoms with Crippen molar-refractivity contribution in [2.24, 2.45) is 13.0 Å². The third-order valence-electron chi connectivity index (χ3n) is 6.76. The molecule has 0 unspecified atom stereocenters. The van der Waals surface area contributed by atoms with E-state index in [1.54, 1.807) is 17.1 Å². The van der Waals surface area contributed by atoms with Crippen LogP contribution in [0, 0.1) is 12.8 Å². The molecule has 1 amide bonds. The van der Waals surface area contributed by atoms with E-state index in [-0.39, 0.29) is 5.91 Å². The van der Waals surface area contributed by atoms with Crippen molar-refractivity contribution in [3.63, 3.8) is 0 Å². The van der Waals surface area contributed by atoms with Crippen LogP contribution in [0.25, 0.3) is 11.3 Å². The highest BCUT2D eigenvalue weighted by Gasteiger charge is 2.27. The van der Waals surface area contributed by atoms with Crippen LogP contribution in [0.5, 0.6) is 0 Å². The number of amides is 1. The Kier molecular flexibility index (Phi) is 6.09. The van der Waals surface area contributed by atoms with Crippen LogP contribution in [0.3, 0.4) is 0 Å². The number of nitrogens with one attached hydrogen (secondary N) is 1. The first kappa shape index (κ1) is 21.6. The summed E-state index contributed by atoms with van der Waals surface area (Å²) in [6.07, 6.45) is 9.38. The molecule has 2 aromatic heterocycles. The normalized spacial score (nSPS) is 17.3. The number of rotatable bonds is 7. The molecule has 2 aliphatic rings. The summed E-state index contributed by atoms with van der Waals surface area (Å²) in [4.78, 5) is 26.1. The Bertz CT molecular complexity index is 1140. The van der Waals surface area contributed by atoms with Crippen LogP contribution < -0.4 is 5.32 Å². The Morgan fingerprint density at radius 2 is 2.06 bits per heavy atom. The number of benzene rings is 1. The maximum absolute atomic E-state index is 12.7. The topological polar surface area (TPSA) is 79.2 Å². The van der Waals surface area contributed by atoms with Crippen molar-refractivity contribution in [1.29, 1.82) is 0 Å². The van der Waals surface area contributed by atoms with E-state index in [1.165, 1.54) is 24.8 Å². The summed E-state index contributed by atoms with van der Waals surface area (Å²) >= 11 is 0. The van der Waals surface area contributed by atoms with Gasteiger partial charge in [-0.25, -0.2) is 9.97 Å². The van der Waals surface area contributed by atoms with Gasteiger partial charge in [-0.15, -0.1) is 0 Å². The fraction of sp³-hybridized carbons (Fsp3) is 0.440. The predicted octanol–water partition coefficient (Wildman–Crippen LogP) is 3.37. The summed E-state index contributed by atoms with van der Waals surface area (Å²) in [6, 6.07) is 8.25. The van der Waals surface area contributed by atoms with E-state index in [1.807, 2.05) is 24.2 Å². The van der Waals surface area contributed by atoms with E-state index in [4.69, 9.17) is 0 Å². The molecule has 0 atom stereocenters. The first-order chi connectivity index (χ1) is 16.0. The van der Waals surface area contributed by atoms with Gasteiger partial charge in [0.25, 0.3) is 0 Å². The highest BCUT2D eigenvalue weighted by Crippen LogP contribution is 2.28. The largest absolute Gasteiger partial charge is 0.336 e. The van der Waals surface area contributed by atoms with Gasteiger partial charge in [-0.05, 0) is 48.9 Å². The lowest BCUT2D eigenvalue weighted by Crippen LogP contribution is -2.51. The Hall–Kier alpha value is -3.26. The van der Waals surface area contributed by atoms with Gasteiger partial charge in [0.2, 0.25) is 11.9 Å². The number of carbonyl (C=O) groups excluding carboxylic acids is 1. The minimum Gasteiger partial charge on any atom is -0.336 e. The minimum absolute atomic E-state index is 0.242. The van der Waals surface area contributed by atoms with Crippen LogP contribution in [0.1, 0.15) is 30.4 Å². The number of aromatic nitrogens is 4. The molecule has 8 nitrogen and oxygen atoms in total. The van der Waals surface area contributed by atoms with E-state index in [2.05, 4.69) is 50.4 Å². The standard InChI is InChI=1S/C25H31N7O/c1-18-12-20(23-8-9-26-25(29-23)28-22-13-27-30(2)16-22)6-7-21(18)15-32-11-10-31(17-24(32)33)14-19-4-3-5-19/h6-9,12-13,16,19H,3-5,10-11,14-15,17H2,1-2H3,(H,26,28,29). The van der Waals surface area contributed by atoms with Gasteiger partial charge in [0.05, 0.1) is 24.1 Å². The lowest BCUT2D eigenvalue weighted by molar-refractivity contribution is -0.137. The molecular formula is C25H31N7O. The molecule has 2 fully saturated rings. The number of carbonyl (C=O) groups is 1. The molecule has 0 spiro atoms. The van der Waals surface area contributed by atoms with Gasteiger partial charge in [-0.1, -0.05) is 18.6 Å². The summed E-state index contributed by atoms with van der Waals surface area (Å²) in [5.74, 6) is 1.58. The average molecular weight is 446 g/mol. The number of piperazine rings is 1. The number of anilines is 2. The number of hydrogen-bond acceptors (Lipinski definition) is 6. The minimum atomic E-state index is 0.242. The second-order valence-electron chi connectivity index (χ2n) is 9.28. The van der Waals surface area contributed by atoms with Crippen LogP contribution in [-0.2, 0) is 18.4 Å². The lowest BCUT2D eigenvalue weighted by atomic mass is 9.85. The average Bonchev–Trinajstić information content (AvgIpc) is 3.18. The second kappa shape index (κ2) is 9.31. The molecule has 33 heavy (non-hydrogen) atoms. The van der Waals surface area contributed by atoms with E-state index >= 15 is 0 Å². The van der Waals surface area contributed by atoms with E-state index in [0.29, 0.717) is 19.0 Å². The first-order valence-electron chi connectivity index (χ1n) is 11.7. The summed E-state index contributed by atoms with van der Waals surface area (Å²) in [5.41, 5.74) is 5.08. The maximum atomic E-state index is 12.7. The van der Waals surface area contributed by atoms with E-state index < -0.39 is 0 Å². The Morgan fingerprint density at radius 3 is 2.76 bits per heavy atom. The van der Waals surface area contributed by atoms with Crippen molar-refractivity contribution in [1.82, 2.24) is 29.5 Å². The van der Waals surface area contributed by atoms with Crippen molar-refractivity contribution in [2.45, 2.75) is 32.7 Å². The molecule has 172 valence electrons. The van der Waals surface area contributed by atoms with Gasteiger partial charge >= 0.3 is 0 Å². The van der Waals surface area contributed by atoms with Gasteiger partial charge < -0.3 is 10.2 Å². The van der Waals surface area contributed by atoms with Crippen LogP contribution >= 0.6 is 0 Å². The lowest BCUT2D eigenvalue weighted by Gasteiger charge is -2.38. The predicted molar refractivity (Wildman–Crippen MR) is 128 cm³/mol. The molecule has 1 N–H and O–H groups in total. The van der Waals surface area contributed by atoms with Crippen LogP contribution in [0.4, 0.5) is 11.6 Å². The molecule has 1 aliphatic heterocycles. The smallest absolute Gasteiger partial charge is 0.237 e. The van der Waals surface area contributed by atoms with Gasteiger partial charge in [0.1, 0.15) is 0 Å². The van der Waals surface area contributed by atoms with Crippen molar-refractivity contribution >= 4 is 17.5 Å². The quantitative estimate of drug-likeness (QED) is 0.601. The summed E-state index contributed by atoms with van der Waals surface area (Å²) in [7, 11) is 1.87. The number of hydrogen-bond donors (Lipinski definition) is 1. The molecule has 8 heteroatoms. The molecule has 3 heterocycles. The Balaban J connectivity index is 1.23. The van der Waals surface area contributed by atoms with Crippen LogP contribution in [-0.4, -0.2) is 61.6 Å². The summed E-state index contributed by atoms with van der Waals surface area (Å²) in [6.45, 7) is 6.20. The molecule has 0 bridgehead atoms. The Labute approximate surface area is 194 Å². The van der Waals surface area contributed by atoms with Gasteiger partial charge in [0.15, 0.2) is 0 Å². The fourth-order valence-electron chi connectivity index (χ4n) is 4.55. The molecule has 1 aliphatic carbocycles. The first-order valence-corrected chi connectivity index (χ1v) is 11.7. The zero-order valence-corrected chi connectivity index (χ0v) is 19.4. The second-order valence-corrected chi connectivity index (χ2v) is 9.28. The van der Waals surface area contributed by atoms with E-state index in [9.17, 15) is 4.79 Å². The highest BCUT2D eigenvalue weighted by molar-refractivity contribution is 5.79. The molecule has 1 aromatic carbocycles. The molecular weight excluding hydrogens is 414 g/mol. The molecule has 5 rings (SSSR count). The van der Waals surface area contributed by atoms with Crippen molar-refractivity contribution < 1.29 is 4.79 Å². The highest BCUT2D eigenvalue weighted by atomic mass is 16.2. The van der Waals surface area contributed by atoms with Crippen molar-refractivity contribution in [3.05, 3.63) is 54.0 Å². The molecule has 3 aromatic rings. The fourth-order valence-corrected chi connectivity index (χ4v) is 4.55. The third kappa shape index (κ3) is 5.06. The Morgan fingerprint density at radius 1 is 1.18 bits per heavy atom. The molecule has 0 radical (unpaired) electrons. The number of nitrogens with zero attached hydrogens (tertiary/aromatic N) is 6. The number of aryl methyl sites for hydroxylation is 2. The third-order valence-corrected chi connectivity index (χ3v) is 6.76. The molecule has 1 saturated heterocycles. The van der Waals surface area contributed by atoms with E-state index in [0.717, 1.165) is 48.1 Å². The monoisotopic (exact) mass is 445 g/mol. The summed E-state index contributed by atoms with van der Waals surface area (Å²) in [5, 5.41) is 7.35.